The number of carbonyl (C=O) groups excluding carboxylic acids is 1. The molecule has 0 aliphatic rings. The van der Waals surface area contributed by atoms with Crippen molar-refractivity contribution >= 4 is 16.8 Å². The number of H-pyrrole nitrogens is 1. The van der Waals surface area contributed by atoms with E-state index in [1.54, 1.807) is 24.5 Å². The highest BCUT2D eigenvalue weighted by molar-refractivity contribution is 5.98. The third-order valence-electron chi connectivity index (χ3n) is 5.25. The first kappa shape index (κ1) is 20.7. The second-order valence-electron chi connectivity index (χ2n) is 7.55. The number of rotatable bonds is 8. The monoisotopic (exact) mass is 416 g/mol. The summed E-state index contributed by atoms with van der Waals surface area (Å²) in [7, 11) is 0. The molecule has 0 fully saturated rings. The molecule has 6 heteroatoms. The number of nitrogens with one attached hydrogen (secondary N) is 2. The molecule has 5 nitrogen and oxygen atoms in total. The van der Waals surface area contributed by atoms with Gasteiger partial charge in [-0.05, 0) is 60.9 Å². The van der Waals surface area contributed by atoms with Gasteiger partial charge in [-0.2, -0.15) is 0 Å². The Morgan fingerprint density at radius 3 is 2.68 bits per heavy atom. The van der Waals surface area contributed by atoms with Gasteiger partial charge in [-0.3, -0.25) is 4.79 Å². The third kappa shape index (κ3) is 4.97. The Balaban J connectivity index is 1.56. The number of fused-ring (bicyclic) bond motifs is 1. The Morgan fingerprint density at radius 2 is 1.94 bits per heavy atom. The molecule has 0 aliphatic heterocycles. The van der Waals surface area contributed by atoms with E-state index in [4.69, 9.17) is 4.98 Å². The van der Waals surface area contributed by atoms with Crippen molar-refractivity contribution in [2.75, 3.05) is 6.54 Å². The largest absolute Gasteiger partial charge is 0.352 e. The van der Waals surface area contributed by atoms with Gasteiger partial charge in [0.1, 0.15) is 11.6 Å². The Bertz CT molecular complexity index is 1170. The number of aromatic amines is 1. The lowest BCUT2D eigenvalue weighted by atomic mass is 9.99. The molecule has 31 heavy (non-hydrogen) atoms. The smallest absolute Gasteiger partial charge is 0.251 e. The summed E-state index contributed by atoms with van der Waals surface area (Å²) in [4.78, 5) is 24.7. The molecule has 0 spiro atoms. The number of pyridine rings is 1. The van der Waals surface area contributed by atoms with E-state index in [0.717, 1.165) is 53.7 Å². The van der Waals surface area contributed by atoms with E-state index in [1.165, 1.54) is 17.7 Å². The van der Waals surface area contributed by atoms with E-state index < -0.39 is 0 Å². The standard InChI is InChI=1S/C25H25FN4O/c1-2-4-18-15-22(17-6-9-20(26)10-7-17)30-23-16-19(8-11-21(18)23)25(31)29-12-3-5-24-27-13-14-28-24/h6-11,13-16H,2-5,12H2,1H3,(H,27,28)(H,29,31). The first-order valence-electron chi connectivity index (χ1n) is 10.6. The zero-order chi connectivity index (χ0) is 21.6. The summed E-state index contributed by atoms with van der Waals surface area (Å²) in [5.74, 6) is 0.526. The minimum Gasteiger partial charge on any atom is -0.352 e. The molecule has 4 rings (SSSR count). The molecule has 0 radical (unpaired) electrons. The normalized spacial score (nSPS) is 11.0. The summed E-state index contributed by atoms with van der Waals surface area (Å²) in [6, 6.07) is 14.1. The average Bonchev–Trinajstić information content (AvgIpc) is 3.30. The molecule has 4 aromatic rings. The molecule has 0 atom stereocenters. The van der Waals surface area contributed by atoms with Crippen molar-refractivity contribution in [3.05, 3.63) is 83.7 Å². The highest BCUT2D eigenvalue weighted by atomic mass is 19.1. The number of hydrogen-bond acceptors (Lipinski definition) is 3. The molecular weight excluding hydrogens is 391 g/mol. The summed E-state index contributed by atoms with van der Waals surface area (Å²) in [6.45, 7) is 2.70. The van der Waals surface area contributed by atoms with Gasteiger partial charge in [0.2, 0.25) is 0 Å². The van der Waals surface area contributed by atoms with Gasteiger partial charge in [0.25, 0.3) is 5.91 Å². The van der Waals surface area contributed by atoms with E-state index in [-0.39, 0.29) is 11.7 Å². The summed E-state index contributed by atoms with van der Waals surface area (Å²) in [5, 5.41) is 4.01. The van der Waals surface area contributed by atoms with Crippen LogP contribution >= 0.6 is 0 Å². The predicted molar refractivity (Wildman–Crippen MR) is 120 cm³/mol. The molecule has 158 valence electrons. The quantitative estimate of drug-likeness (QED) is 0.394. The minimum atomic E-state index is -0.274. The topological polar surface area (TPSA) is 70.7 Å². The zero-order valence-electron chi connectivity index (χ0n) is 17.5. The van der Waals surface area contributed by atoms with Crippen molar-refractivity contribution in [3.63, 3.8) is 0 Å². The maximum atomic E-state index is 13.3. The molecule has 0 saturated carbocycles. The van der Waals surface area contributed by atoms with Crippen LogP contribution in [0.4, 0.5) is 4.39 Å². The molecule has 2 aromatic heterocycles. The number of imidazole rings is 1. The lowest BCUT2D eigenvalue weighted by molar-refractivity contribution is 0.0953. The van der Waals surface area contributed by atoms with Crippen LogP contribution in [-0.2, 0) is 12.8 Å². The zero-order valence-corrected chi connectivity index (χ0v) is 17.5. The SMILES string of the molecule is CCCc1cc(-c2ccc(F)cc2)nc2cc(C(=O)NCCCc3ncc[nH]3)ccc12. The van der Waals surface area contributed by atoms with Crippen LogP contribution in [0.2, 0.25) is 0 Å². The molecule has 0 bridgehead atoms. The second kappa shape index (κ2) is 9.51. The Hall–Kier alpha value is -3.54. The second-order valence-corrected chi connectivity index (χ2v) is 7.55. The molecule has 2 N–H and O–H groups in total. The Morgan fingerprint density at radius 1 is 1.10 bits per heavy atom. The number of benzene rings is 2. The van der Waals surface area contributed by atoms with E-state index in [1.807, 2.05) is 18.2 Å². The van der Waals surface area contributed by atoms with Gasteiger partial charge < -0.3 is 10.3 Å². The van der Waals surface area contributed by atoms with Crippen LogP contribution in [0.3, 0.4) is 0 Å². The maximum Gasteiger partial charge on any atom is 0.251 e. The van der Waals surface area contributed by atoms with Crippen molar-refractivity contribution in [2.24, 2.45) is 0 Å². The number of aryl methyl sites for hydroxylation is 2. The van der Waals surface area contributed by atoms with Crippen molar-refractivity contribution in [3.8, 4) is 11.3 Å². The molecule has 2 aromatic carbocycles. The van der Waals surface area contributed by atoms with Gasteiger partial charge in [-0.15, -0.1) is 0 Å². The summed E-state index contributed by atoms with van der Waals surface area (Å²) < 4.78 is 13.3. The number of hydrogen-bond donors (Lipinski definition) is 2. The fourth-order valence-electron chi connectivity index (χ4n) is 3.68. The molecular formula is C25H25FN4O. The van der Waals surface area contributed by atoms with Crippen LogP contribution in [0.25, 0.3) is 22.2 Å². The first-order chi connectivity index (χ1) is 15.1. The van der Waals surface area contributed by atoms with Gasteiger partial charge in [0, 0.05) is 41.9 Å². The highest BCUT2D eigenvalue weighted by Crippen LogP contribution is 2.27. The summed E-state index contributed by atoms with van der Waals surface area (Å²) >= 11 is 0. The van der Waals surface area contributed by atoms with Gasteiger partial charge in [-0.1, -0.05) is 19.4 Å². The first-order valence-corrected chi connectivity index (χ1v) is 10.6. The van der Waals surface area contributed by atoms with Crippen molar-refractivity contribution in [2.45, 2.75) is 32.6 Å². The van der Waals surface area contributed by atoms with Crippen LogP contribution in [-0.4, -0.2) is 27.4 Å². The fraction of sp³-hybridized carbons (Fsp3) is 0.240. The van der Waals surface area contributed by atoms with Crippen LogP contribution in [0.5, 0.6) is 0 Å². The number of aromatic nitrogens is 3. The number of nitrogens with zero attached hydrogens (tertiary/aromatic N) is 2. The Kier molecular flexibility index (Phi) is 6.36. The lowest BCUT2D eigenvalue weighted by Crippen LogP contribution is -2.24. The van der Waals surface area contributed by atoms with E-state index >= 15 is 0 Å². The molecule has 2 heterocycles. The van der Waals surface area contributed by atoms with Gasteiger partial charge in [0.15, 0.2) is 0 Å². The van der Waals surface area contributed by atoms with Crippen LogP contribution in [0.1, 0.15) is 41.5 Å². The average molecular weight is 417 g/mol. The molecule has 0 saturated heterocycles. The molecule has 0 unspecified atom stereocenters. The number of carbonyl (C=O) groups is 1. The van der Waals surface area contributed by atoms with E-state index in [0.29, 0.717) is 12.1 Å². The summed E-state index contributed by atoms with van der Waals surface area (Å²) in [5.41, 5.74) is 4.17. The maximum absolute atomic E-state index is 13.3. The van der Waals surface area contributed by atoms with Gasteiger partial charge in [-0.25, -0.2) is 14.4 Å². The minimum absolute atomic E-state index is 0.118. The van der Waals surface area contributed by atoms with Crippen LogP contribution in [0, 0.1) is 5.82 Å². The van der Waals surface area contributed by atoms with Crippen molar-refractivity contribution in [1.29, 1.82) is 0 Å². The van der Waals surface area contributed by atoms with E-state index in [9.17, 15) is 9.18 Å². The predicted octanol–water partition coefficient (Wildman–Crippen LogP) is 5.08. The van der Waals surface area contributed by atoms with Crippen LogP contribution in [0.15, 0.2) is 60.9 Å². The summed E-state index contributed by atoms with van der Waals surface area (Å²) in [6.07, 6.45) is 7.02. The number of halogens is 1. The molecule has 0 aliphatic carbocycles. The van der Waals surface area contributed by atoms with Crippen molar-refractivity contribution < 1.29 is 9.18 Å². The number of amides is 1. The lowest BCUT2D eigenvalue weighted by Gasteiger charge is -2.11. The van der Waals surface area contributed by atoms with Gasteiger partial charge >= 0.3 is 0 Å². The fourth-order valence-corrected chi connectivity index (χ4v) is 3.68. The van der Waals surface area contributed by atoms with E-state index in [2.05, 4.69) is 28.3 Å². The highest BCUT2D eigenvalue weighted by Gasteiger charge is 2.11. The van der Waals surface area contributed by atoms with Gasteiger partial charge in [0.05, 0.1) is 11.2 Å². The van der Waals surface area contributed by atoms with Crippen LogP contribution < -0.4 is 5.32 Å². The molecule has 1 amide bonds. The Labute approximate surface area is 180 Å². The van der Waals surface area contributed by atoms with Crippen molar-refractivity contribution in [1.82, 2.24) is 20.3 Å². The third-order valence-corrected chi connectivity index (χ3v) is 5.25.